The third-order valence-electron chi connectivity index (χ3n) is 3.86. The Morgan fingerprint density at radius 3 is 2.85 bits per heavy atom. The Morgan fingerprint density at radius 2 is 2.15 bits per heavy atom. The third kappa shape index (κ3) is 5.72. The number of anilines is 2. The van der Waals surface area contributed by atoms with Gasteiger partial charge in [0, 0.05) is 16.3 Å². The van der Waals surface area contributed by atoms with Gasteiger partial charge in [-0.3, -0.25) is 4.79 Å². The van der Waals surface area contributed by atoms with Crippen LogP contribution in [0.15, 0.2) is 29.6 Å². The lowest BCUT2D eigenvalue weighted by Crippen LogP contribution is -2.13. The molecule has 2 aromatic rings. The summed E-state index contributed by atoms with van der Waals surface area (Å²) in [5.41, 5.74) is 2.83. The van der Waals surface area contributed by atoms with Crippen LogP contribution in [0.5, 0.6) is 0 Å². The maximum absolute atomic E-state index is 11.8. The molecule has 0 spiro atoms. The lowest BCUT2D eigenvalue weighted by atomic mass is 10.2. The molecular weight excluding hydrogens is 392 g/mol. The fourth-order valence-electron chi connectivity index (χ4n) is 2.47. The van der Waals surface area contributed by atoms with Gasteiger partial charge in [0.15, 0.2) is 15.0 Å². The molecule has 9 heteroatoms. The molecule has 1 fully saturated rings. The van der Waals surface area contributed by atoms with E-state index in [0.717, 1.165) is 10.8 Å². The summed E-state index contributed by atoms with van der Waals surface area (Å²) >= 11 is 2.80. The number of esters is 1. The minimum Gasteiger partial charge on any atom is -0.459 e. The van der Waals surface area contributed by atoms with E-state index in [0.29, 0.717) is 12.1 Å². The van der Waals surface area contributed by atoms with Gasteiger partial charge in [0.2, 0.25) is 0 Å². The number of nitrogens with zero attached hydrogens (tertiary/aromatic N) is 1. The van der Waals surface area contributed by atoms with Crippen molar-refractivity contribution < 1.29 is 17.9 Å². The summed E-state index contributed by atoms with van der Waals surface area (Å²) in [6.45, 7) is 2.15. The number of benzene rings is 1. The van der Waals surface area contributed by atoms with E-state index in [1.54, 1.807) is 0 Å². The van der Waals surface area contributed by atoms with E-state index in [9.17, 15) is 13.2 Å². The van der Waals surface area contributed by atoms with Crippen molar-refractivity contribution in [3.05, 3.63) is 40.9 Å². The van der Waals surface area contributed by atoms with E-state index in [4.69, 9.17) is 4.74 Å². The Bertz CT molecular complexity index is 862. The van der Waals surface area contributed by atoms with Gasteiger partial charge in [-0.05, 0) is 25.5 Å². The van der Waals surface area contributed by atoms with Crippen molar-refractivity contribution in [2.24, 2.45) is 0 Å². The minimum atomic E-state index is -2.91. The Hall–Kier alpha value is -1.58. The van der Waals surface area contributed by atoms with Crippen molar-refractivity contribution in [3.8, 4) is 0 Å². The number of hydrogen-bond donors (Lipinski definition) is 1. The second-order valence-corrected chi connectivity index (χ2v) is 10.5. The fourth-order valence-corrected chi connectivity index (χ4v) is 6.62. The van der Waals surface area contributed by atoms with E-state index < -0.39 is 9.84 Å². The first-order valence-corrected chi connectivity index (χ1v) is 11.9. The van der Waals surface area contributed by atoms with Gasteiger partial charge in [-0.1, -0.05) is 17.7 Å². The van der Waals surface area contributed by atoms with Crippen molar-refractivity contribution in [2.45, 2.75) is 25.2 Å². The fraction of sp³-hybridized carbons (Fsp3) is 0.412. The first-order valence-electron chi connectivity index (χ1n) is 8.15. The first-order chi connectivity index (χ1) is 12.4. The van der Waals surface area contributed by atoms with Gasteiger partial charge >= 0.3 is 5.97 Å². The SMILES string of the molecule is Cc1ccc(Nc2nc(COC(=O)CS[C@@H]3CCS(=O)(=O)C3)cs2)cc1. The van der Waals surface area contributed by atoms with Crippen LogP contribution in [0.3, 0.4) is 0 Å². The van der Waals surface area contributed by atoms with E-state index in [-0.39, 0.29) is 35.1 Å². The smallest absolute Gasteiger partial charge is 0.316 e. The summed E-state index contributed by atoms with van der Waals surface area (Å²) in [5.74, 6) is 0.194. The topological polar surface area (TPSA) is 85.4 Å². The Morgan fingerprint density at radius 1 is 1.38 bits per heavy atom. The molecule has 26 heavy (non-hydrogen) atoms. The predicted octanol–water partition coefficient (Wildman–Crippen LogP) is 3.16. The monoisotopic (exact) mass is 412 g/mol. The molecule has 3 rings (SSSR count). The Kier molecular flexibility index (Phi) is 6.20. The van der Waals surface area contributed by atoms with Crippen molar-refractivity contribution in [2.75, 3.05) is 22.6 Å². The largest absolute Gasteiger partial charge is 0.459 e. The highest BCUT2D eigenvalue weighted by Gasteiger charge is 2.28. The number of hydrogen-bond acceptors (Lipinski definition) is 8. The Labute approximate surface area is 161 Å². The molecule has 1 aromatic heterocycles. The van der Waals surface area contributed by atoms with E-state index in [2.05, 4.69) is 10.3 Å². The maximum Gasteiger partial charge on any atom is 0.316 e. The van der Waals surface area contributed by atoms with E-state index in [1.807, 2.05) is 36.6 Å². The van der Waals surface area contributed by atoms with Crippen molar-refractivity contribution in [3.63, 3.8) is 0 Å². The van der Waals surface area contributed by atoms with Gasteiger partial charge in [0.25, 0.3) is 0 Å². The highest BCUT2D eigenvalue weighted by atomic mass is 32.2. The number of rotatable bonds is 7. The molecule has 6 nitrogen and oxygen atoms in total. The number of thiazole rings is 1. The van der Waals surface area contributed by atoms with Gasteiger partial charge in [0.1, 0.15) is 6.61 Å². The molecule has 0 bridgehead atoms. The van der Waals surface area contributed by atoms with Crippen LogP contribution >= 0.6 is 23.1 Å². The molecule has 1 aliphatic heterocycles. The molecule has 140 valence electrons. The standard InChI is InChI=1S/C17H20N2O4S3/c1-12-2-4-13(5-3-12)18-17-19-14(9-25-17)8-23-16(20)10-24-15-6-7-26(21,22)11-15/h2-5,9,15H,6-8,10-11H2,1H3,(H,18,19)/t15-/m1/s1. The number of thioether (sulfide) groups is 1. The molecule has 2 heterocycles. The normalized spacial score (nSPS) is 18.6. The highest BCUT2D eigenvalue weighted by molar-refractivity contribution is 8.02. The number of nitrogens with one attached hydrogen (secondary N) is 1. The summed E-state index contributed by atoms with van der Waals surface area (Å²) in [7, 11) is -2.91. The molecule has 1 N–H and O–H groups in total. The average molecular weight is 413 g/mol. The average Bonchev–Trinajstić information content (AvgIpc) is 3.19. The quantitative estimate of drug-likeness (QED) is 0.699. The van der Waals surface area contributed by atoms with Gasteiger partial charge in [0.05, 0.1) is 23.0 Å². The van der Waals surface area contributed by atoms with Gasteiger partial charge in [-0.2, -0.15) is 0 Å². The second-order valence-electron chi connectivity index (χ2n) is 6.13. The molecule has 0 saturated carbocycles. The van der Waals surface area contributed by atoms with E-state index >= 15 is 0 Å². The zero-order valence-corrected chi connectivity index (χ0v) is 16.8. The zero-order valence-electron chi connectivity index (χ0n) is 14.3. The van der Waals surface area contributed by atoms with Crippen LogP contribution in [0.2, 0.25) is 0 Å². The molecular formula is C17H20N2O4S3. The molecule has 1 aromatic carbocycles. The number of aromatic nitrogens is 1. The van der Waals surface area contributed by atoms with Gasteiger partial charge in [-0.25, -0.2) is 13.4 Å². The summed E-state index contributed by atoms with van der Waals surface area (Å²) in [4.78, 5) is 16.2. The minimum absolute atomic E-state index is 0.00265. The summed E-state index contributed by atoms with van der Waals surface area (Å²) in [5, 5.41) is 5.80. The van der Waals surface area contributed by atoms with Crippen LogP contribution in [-0.2, 0) is 26.0 Å². The van der Waals surface area contributed by atoms with Crippen LogP contribution in [-0.4, -0.2) is 41.9 Å². The van der Waals surface area contributed by atoms with Gasteiger partial charge in [-0.15, -0.1) is 23.1 Å². The number of carbonyl (C=O) groups is 1. The van der Waals surface area contributed by atoms with Crippen molar-refractivity contribution in [1.29, 1.82) is 0 Å². The zero-order chi connectivity index (χ0) is 18.6. The lowest BCUT2D eigenvalue weighted by Gasteiger charge is -2.07. The lowest BCUT2D eigenvalue weighted by molar-refractivity contribution is -0.141. The number of aryl methyl sites for hydroxylation is 1. The van der Waals surface area contributed by atoms with Crippen LogP contribution < -0.4 is 5.32 Å². The maximum atomic E-state index is 11.8. The number of ether oxygens (including phenoxy) is 1. The van der Waals surface area contributed by atoms with Crippen molar-refractivity contribution >= 4 is 49.7 Å². The summed E-state index contributed by atoms with van der Waals surface area (Å²) in [6.07, 6.45) is 0.612. The highest BCUT2D eigenvalue weighted by Crippen LogP contribution is 2.25. The van der Waals surface area contributed by atoms with Crippen molar-refractivity contribution in [1.82, 2.24) is 4.98 Å². The molecule has 1 saturated heterocycles. The van der Waals surface area contributed by atoms with Crippen LogP contribution in [0.25, 0.3) is 0 Å². The van der Waals surface area contributed by atoms with Gasteiger partial charge < -0.3 is 10.1 Å². The second kappa shape index (κ2) is 8.41. The molecule has 0 aliphatic carbocycles. The summed E-state index contributed by atoms with van der Waals surface area (Å²) in [6, 6.07) is 8.01. The molecule has 0 amide bonds. The van der Waals surface area contributed by atoms with Crippen LogP contribution in [0.1, 0.15) is 17.7 Å². The number of carbonyl (C=O) groups excluding carboxylic acids is 1. The van der Waals surface area contributed by atoms with Crippen LogP contribution in [0, 0.1) is 6.92 Å². The molecule has 1 atom stereocenters. The third-order valence-corrected chi connectivity index (χ3v) is 7.92. The first kappa shape index (κ1) is 19.2. The predicted molar refractivity (Wildman–Crippen MR) is 106 cm³/mol. The molecule has 0 radical (unpaired) electrons. The van der Waals surface area contributed by atoms with E-state index in [1.165, 1.54) is 28.7 Å². The molecule has 1 aliphatic rings. The Balaban J connectivity index is 1.41. The summed E-state index contributed by atoms with van der Waals surface area (Å²) < 4.78 is 28.0. The molecule has 0 unspecified atom stereocenters. The number of sulfone groups is 1. The van der Waals surface area contributed by atoms with Crippen LogP contribution in [0.4, 0.5) is 10.8 Å².